The molecule has 1 N–H and O–H groups in total. The summed E-state index contributed by atoms with van der Waals surface area (Å²) < 4.78 is 0. The number of amides is 1. The smallest absolute Gasteiger partial charge is 0.297 e. The molecule has 0 saturated heterocycles. The second-order valence-corrected chi connectivity index (χ2v) is 4.41. The second-order valence-electron chi connectivity index (χ2n) is 4.41. The van der Waals surface area contributed by atoms with Gasteiger partial charge in [-0.2, -0.15) is 0 Å². The van der Waals surface area contributed by atoms with Crippen molar-refractivity contribution >= 4 is 23.3 Å². The lowest BCUT2D eigenvalue weighted by molar-refractivity contribution is -0.111. The molecule has 1 aromatic rings. The number of carbonyl (C=O) groups is 2. The Morgan fingerprint density at radius 1 is 1.15 bits per heavy atom. The Kier molecular flexibility index (Phi) is 4.10. The van der Waals surface area contributed by atoms with E-state index in [1.54, 1.807) is 25.1 Å². The lowest BCUT2D eigenvalue weighted by atomic mass is 10.1. The summed E-state index contributed by atoms with van der Waals surface area (Å²) in [5, 5.41) is 6.22. The van der Waals surface area contributed by atoms with Gasteiger partial charge in [0.1, 0.15) is 5.71 Å². The number of ketones is 1. The van der Waals surface area contributed by atoms with Crippen LogP contribution in [0.4, 0.5) is 10.5 Å². The molecule has 102 valence electrons. The highest BCUT2D eigenvalue weighted by Crippen LogP contribution is 2.09. The van der Waals surface area contributed by atoms with E-state index in [1.807, 2.05) is 19.1 Å². The minimum absolute atomic E-state index is 0.0759. The molecule has 0 heterocycles. The summed E-state index contributed by atoms with van der Waals surface area (Å²) in [7, 11) is 0. The highest BCUT2D eigenvalue weighted by Gasteiger charge is 2.08. The quantitative estimate of drug-likeness (QED) is 0.510. The van der Waals surface area contributed by atoms with Crippen LogP contribution in [-0.2, 0) is 9.63 Å². The van der Waals surface area contributed by atoms with Crippen LogP contribution in [-0.4, -0.2) is 17.6 Å². The molecule has 1 aliphatic carbocycles. The van der Waals surface area contributed by atoms with Crippen LogP contribution >= 0.6 is 0 Å². The molecule has 0 aliphatic heterocycles. The first kappa shape index (κ1) is 13.7. The van der Waals surface area contributed by atoms with Crippen molar-refractivity contribution in [3.8, 4) is 0 Å². The second kappa shape index (κ2) is 5.97. The third kappa shape index (κ3) is 3.65. The van der Waals surface area contributed by atoms with E-state index in [1.165, 1.54) is 12.2 Å². The normalized spacial score (nSPS) is 16.0. The molecular weight excluding hydrogens is 256 g/mol. The zero-order valence-electron chi connectivity index (χ0n) is 11.2. The molecule has 0 saturated carbocycles. The number of oxime groups is 1. The number of carbonyl (C=O) groups excluding carboxylic acids is 2. The van der Waals surface area contributed by atoms with Crippen LogP contribution in [0.15, 0.2) is 53.2 Å². The highest BCUT2D eigenvalue weighted by molar-refractivity contribution is 6.18. The number of rotatable bonds is 2. The van der Waals surface area contributed by atoms with Gasteiger partial charge in [0, 0.05) is 5.69 Å². The number of anilines is 1. The molecule has 0 atom stereocenters. The topological polar surface area (TPSA) is 67.8 Å². The van der Waals surface area contributed by atoms with E-state index < -0.39 is 6.09 Å². The van der Waals surface area contributed by atoms with Gasteiger partial charge < -0.3 is 0 Å². The molecule has 5 heteroatoms. The standard InChI is InChI=1S/C15H14N2O3/c1-10-3-5-12(6-4-10)16-15(19)20-17-13-7-8-14(18)11(2)9-13/h3-9H,1-2H3,(H,16,19). The van der Waals surface area contributed by atoms with Gasteiger partial charge in [-0.05, 0) is 49.8 Å². The van der Waals surface area contributed by atoms with Crippen molar-refractivity contribution in [3.05, 3.63) is 53.6 Å². The highest BCUT2D eigenvalue weighted by atomic mass is 16.7. The predicted molar refractivity (Wildman–Crippen MR) is 76.6 cm³/mol. The Labute approximate surface area is 116 Å². The first-order chi connectivity index (χ1) is 9.54. The number of aryl methyl sites for hydroxylation is 1. The van der Waals surface area contributed by atoms with E-state index >= 15 is 0 Å². The summed E-state index contributed by atoms with van der Waals surface area (Å²) in [5.74, 6) is -0.0759. The Morgan fingerprint density at radius 3 is 2.50 bits per heavy atom. The third-order valence-corrected chi connectivity index (χ3v) is 2.69. The van der Waals surface area contributed by atoms with Crippen LogP contribution < -0.4 is 5.32 Å². The van der Waals surface area contributed by atoms with E-state index in [9.17, 15) is 9.59 Å². The average Bonchev–Trinajstić information content (AvgIpc) is 2.43. The van der Waals surface area contributed by atoms with Crippen molar-refractivity contribution < 1.29 is 14.4 Å². The van der Waals surface area contributed by atoms with Crippen molar-refractivity contribution in [2.24, 2.45) is 5.16 Å². The summed E-state index contributed by atoms with van der Waals surface area (Å²) in [6, 6.07) is 7.30. The molecule has 0 bridgehead atoms. The zero-order valence-corrected chi connectivity index (χ0v) is 11.2. The van der Waals surface area contributed by atoms with Gasteiger partial charge in [0.25, 0.3) is 0 Å². The number of nitrogens with zero attached hydrogens (tertiary/aromatic N) is 1. The molecular formula is C15H14N2O3. The van der Waals surface area contributed by atoms with Gasteiger partial charge in [-0.3, -0.25) is 14.9 Å². The van der Waals surface area contributed by atoms with Crippen molar-refractivity contribution in [1.82, 2.24) is 0 Å². The first-order valence-corrected chi connectivity index (χ1v) is 6.08. The summed E-state index contributed by atoms with van der Waals surface area (Å²) in [5.41, 5.74) is 2.69. The van der Waals surface area contributed by atoms with Gasteiger partial charge in [-0.15, -0.1) is 0 Å². The molecule has 0 unspecified atom stereocenters. The minimum atomic E-state index is -0.683. The molecule has 5 nitrogen and oxygen atoms in total. The van der Waals surface area contributed by atoms with Gasteiger partial charge in [0.15, 0.2) is 5.78 Å². The third-order valence-electron chi connectivity index (χ3n) is 2.69. The fourth-order valence-electron chi connectivity index (χ4n) is 1.56. The number of hydrogen-bond donors (Lipinski definition) is 1. The fourth-order valence-corrected chi connectivity index (χ4v) is 1.56. The molecule has 0 fully saturated rings. The predicted octanol–water partition coefficient (Wildman–Crippen LogP) is 2.98. The molecule has 0 radical (unpaired) electrons. The number of allylic oxidation sites excluding steroid dienone is 4. The number of nitrogens with one attached hydrogen (secondary N) is 1. The molecule has 0 aromatic heterocycles. The molecule has 1 aliphatic rings. The lowest BCUT2D eigenvalue weighted by Crippen LogP contribution is -2.12. The largest absolute Gasteiger partial charge is 0.437 e. The Morgan fingerprint density at radius 2 is 1.85 bits per heavy atom. The van der Waals surface area contributed by atoms with Crippen LogP contribution in [0.25, 0.3) is 0 Å². The van der Waals surface area contributed by atoms with E-state index in [4.69, 9.17) is 4.84 Å². The van der Waals surface area contributed by atoms with Gasteiger partial charge >= 0.3 is 6.09 Å². The monoisotopic (exact) mass is 270 g/mol. The Bertz CT molecular complexity index is 625. The van der Waals surface area contributed by atoms with E-state index in [0.717, 1.165) is 5.56 Å². The van der Waals surface area contributed by atoms with E-state index in [2.05, 4.69) is 10.5 Å². The fraction of sp³-hybridized carbons (Fsp3) is 0.133. The van der Waals surface area contributed by atoms with Gasteiger partial charge in [0.2, 0.25) is 0 Å². The summed E-state index contributed by atoms with van der Waals surface area (Å²) in [4.78, 5) is 27.5. The molecule has 20 heavy (non-hydrogen) atoms. The van der Waals surface area contributed by atoms with Gasteiger partial charge in [-0.25, -0.2) is 4.79 Å². The molecule has 0 spiro atoms. The van der Waals surface area contributed by atoms with Crippen LogP contribution in [0.3, 0.4) is 0 Å². The van der Waals surface area contributed by atoms with Gasteiger partial charge in [0.05, 0.1) is 0 Å². The van der Waals surface area contributed by atoms with Crippen molar-refractivity contribution in [1.29, 1.82) is 0 Å². The van der Waals surface area contributed by atoms with E-state index in [0.29, 0.717) is 17.0 Å². The summed E-state index contributed by atoms with van der Waals surface area (Å²) >= 11 is 0. The molecule has 1 aromatic carbocycles. The maximum absolute atomic E-state index is 11.5. The maximum atomic E-state index is 11.5. The van der Waals surface area contributed by atoms with Gasteiger partial charge in [-0.1, -0.05) is 22.9 Å². The Balaban J connectivity index is 1.94. The van der Waals surface area contributed by atoms with Crippen LogP contribution in [0, 0.1) is 6.92 Å². The van der Waals surface area contributed by atoms with Crippen LogP contribution in [0.1, 0.15) is 12.5 Å². The van der Waals surface area contributed by atoms with Crippen molar-refractivity contribution in [2.75, 3.05) is 5.32 Å². The van der Waals surface area contributed by atoms with E-state index in [-0.39, 0.29) is 5.78 Å². The SMILES string of the molecule is CC1=CC(=NOC(=O)Nc2ccc(C)cc2)C=CC1=O. The summed E-state index contributed by atoms with van der Waals surface area (Å²) in [6.45, 7) is 3.63. The molecule has 2 rings (SSSR count). The minimum Gasteiger partial charge on any atom is -0.297 e. The maximum Gasteiger partial charge on any atom is 0.437 e. The Hall–Kier alpha value is -2.69. The average molecular weight is 270 g/mol. The molecule has 1 amide bonds. The van der Waals surface area contributed by atoms with Crippen molar-refractivity contribution in [2.45, 2.75) is 13.8 Å². The van der Waals surface area contributed by atoms with Crippen molar-refractivity contribution in [3.63, 3.8) is 0 Å². The first-order valence-electron chi connectivity index (χ1n) is 6.08. The van der Waals surface area contributed by atoms with Crippen LogP contribution in [0.2, 0.25) is 0 Å². The number of hydrogen-bond acceptors (Lipinski definition) is 4. The lowest BCUT2D eigenvalue weighted by Gasteiger charge is -2.05. The number of benzene rings is 1. The van der Waals surface area contributed by atoms with Crippen LogP contribution in [0.5, 0.6) is 0 Å². The zero-order chi connectivity index (χ0) is 14.5. The summed E-state index contributed by atoms with van der Waals surface area (Å²) in [6.07, 6.45) is 3.75.